The lowest BCUT2D eigenvalue weighted by Crippen LogP contribution is -2.64. The van der Waals surface area contributed by atoms with Crippen LogP contribution in [0.1, 0.15) is 59.3 Å². The number of carbonyl (C=O) groups is 3. The third kappa shape index (κ3) is 5.09. The Morgan fingerprint density at radius 1 is 1.18 bits per heavy atom. The van der Waals surface area contributed by atoms with Gasteiger partial charge in [-0.3, -0.25) is 14.4 Å². The standard InChI is InChI=1S/C30H44O9/c1-15(2)8-17-4-5-20-19-6-7-22-21-13-37-14-30(22,23(19)9-24(34)27(20)26(17)29(35)36)10-25(39-16(3)32)28(21)38-12-18(33)11-31/h9,15,17-22,25-28,31,33H,4-8,10-14H2,1-3H3,(H,35,36)/t17?,18?,19?,20?,21?,22?,25-,26?,27?,28-,30-/m1/s1. The number of carboxylic acid groups (broad SMARTS) is 1. The van der Waals surface area contributed by atoms with Crippen LogP contribution < -0.4 is 0 Å². The number of ketones is 1. The monoisotopic (exact) mass is 548 g/mol. The van der Waals surface area contributed by atoms with Gasteiger partial charge in [-0.15, -0.1) is 0 Å². The fourth-order valence-corrected chi connectivity index (χ4v) is 9.25. The van der Waals surface area contributed by atoms with Gasteiger partial charge in [0.1, 0.15) is 12.2 Å². The van der Waals surface area contributed by atoms with E-state index in [4.69, 9.17) is 14.2 Å². The molecule has 0 radical (unpaired) electrons. The Balaban J connectivity index is 1.49. The maximum Gasteiger partial charge on any atom is 0.307 e. The second-order valence-corrected chi connectivity index (χ2v) is 13.1. The zero-order valence-corrected chi connectivity index (χ0v) is 23.3. The van der Waals surface area contributed by atoms with E-state index in [0.717, 1.165) is 37.7 Å². The molecule has 0 aromatic carbocycles. The molecule has 5 rings (SSSR count). The molecule has 39 heavy (non-hydrogen) atoms. The highest BCUT2D eigenvalue weighted by Crippen LogP contribution is 2.64. The first-order valence-electron chi connectivity index (χ1n) is 14.7. The number of esters is 1. The molecule has 1 saturated heterocycles. The van der Waals surface area contributed by atoms with Gasteiger partial charge in [0.15, 0.2) is 5.78 Å². The van der Waals surface area contributed by atoms with Crippen molar-refractivity contribution in [3.05, 3.63) is 11.6 Å². The molecular weight excluding hydrogens is 504 g/mol. The van der Waals surface area contributed by atoms with Crippen molar-refractivity contribution >= 4 is 17.7 Å². The van der Waals surface area contributed by atoms with E-state index in [-0.39, 0.29) is 42.0 Å². The highest BCUT2D eigenvalue weighted by molar-refractivity contribution is 5.97. The van der Waals surface area contributed by atoms with Crippen molar-refractivity contribution in [2.75, 3.05) is 26.4 Å². The summed E-state index contributed by atoms with van der Waals surface area (Å²) >= 11 is 0. The van der Waals surface area contributed by atoms with Gasteiger partial charge in [0, 0.05) is 24.2 Å². The summed E-state index contributed by atoms with van der Waals surface area (Å²) in [7, 11) is 0. The van der Waals surface area contributed by atoms with E-state index in [1.807, 2.05) is 0 Å². The first-order valence-corrected chi connectivity index (χ1v) is 14.7. The number of aliphatic hydroxyl groups excluding tert-OH is 2. The van der Waals surface area contributed by atoms with E-state index in [0.29, 0.717) is 25.6 Å². The highest BCUT2D eigenvalue weighted by Gasteiger charge is 2.64. The molecule has 0 spiro atoms. The second kappa shape index (κ2) is 11.2. The van der Waals surface area contributed by atoms with Gasteiger partial charge in [0.05, 0.1) is 38.4 Å². The quantitative estimate of drug-likeness (QED) is 0.391. The van der Waals surface area contributed by atoms with Crippen molar-refractivity contribution in [1.82, 2.24) is 0 Å². The number of hydrogen-bond donors (Lipinski definition) is 3. The number of aliphatic carboxylic acids is 1. The number of carbonyl (C=O) groups excluding carboxylic acids is 2. The van der Waals surface area contributed by atoms with Crippen molar-refractivity contribution in [3.63, 3.8) is 0 Å². The number of aliphatic hydroxyl groups is 2. The molecule has 0 aromatic rings. The fraction of sp³-hybridized carbons (Fsp3) is 0.833. The van der Waals surface area contributed by atoms with Crippen LogP contribution in [0.4, 0.5) is 0 Å². The van der Waals surface area contributed by atoms with E-state index in [1.54, 1.807) is 6.08 Å². The van der Waals surface area contributed by atoms with Crippen LogP contribution in [-0.4, -0.2) is 77.8 Å². The zero-order chi connectivity index (χ0) is 28.1. The van der Waals surface area contributed by atoms with Crippen LogP contribution in [0.15, 0.2) is 11.6 Å². The smallest absolute Gasteiger partial charge is 0.307 e. The van der Waals surface area contributed by atoms with Crippen LogP contribution in [-0.2, 0) is 28.6 Å². The molecule has 11 atom stereocenters. The fourth-order valence-electron chi connectivity index (χ4n) is 9.25. The lowest BCUT2D eigenvalue weighted by atomic mass is 9.45. The summed E-state index contributed by atoms with van der Waals surface area (Å²) in [6, 6.07) is 0. The average Bonchev–Trinajstić information content (AvgIpc) is 2.87. The Morgan fingerprint density at radius 3 is 2.62 bits per heavy atom. The van der Waals surface area contributed by atoms with Gasteiger partial charge >= 0.3 is 11.9 Å². The molecule has 9 nitrogen and oxygen atoms in total. The molecule has 0 aromatic heterocycles. The molecule has 1 aliphatic heterocycles. The van der Waals surface area contributed by atoms with E-state index >= 15 is 0 Å². The summed E-state index contributed by atoms with van der Waals surface area (Å²) in [5.74, 6) is -1.93. The topological polar surface area (TPSA) is 140 Å². The molecule has 9 heteroatoms. The third-order valence-electron chi connectivity index (χ3n) is 10.5. The first-order chi connectivity index (χ1) is 18.6. The Bertz CT molecular complexity index is 991. The number of rotatable bonds is 8. The van der Waals surface area contributed by atoms with Gasteiger partial charge in [0.2, 0.25) is 0 Å². The number of carboxylic acids is 1. The second-order valence-electron chi connectivity index (χ2n) is 13.1. The van der Waals surface area contributed by atoms with Gasteiger partial charge < -0.3 is 29.5 Å². The molecule has 3 N–H and O–H groups in total. The number of fused-ring (bicyclic) bond motifs is 3. The minimum absolute atomic E-state index is 0.00133. The Morgan fingerprint density at radius 2 is 1.95 bits per heavy atom. The van der Waals surface area contributed by atoms with Crippen molar-refractivity contribution < 1.29 is 43.9 Å². The lowest BCUT2D eigenvalue weighted by Gasteiger charge is -2.63. The molecule has 1 heterocycles. The lowest BCUT2D eigenvalue weighted by molar-refractivity contribution is -0.228. The third-order valence-corrected chi connectivity index (χ3v) is 10.5. The van der Waals surface area contributed by atoms with E-state index in [2.05, 4.69) is 13.8 Å². The van der Waals surface area contributed by atoms with E-state index in [9.17, 15) is 29.7 Å². The summed E-state index contributed by atoms with van der Waals surface area (Å²) in [6.07, 6.45) is 4.40. The van der Waals surface area contributed by atoms with Gasteiger partial charge in [0.25, 0.3) is 0 Å². The maximum atomic E-state index is 13.9. The normalized spacial score (nSPS) is 42.1. The Kier molecular flexibility index (Phi) is 8.26. The van der Waals surface area contributed by atoms with Crippen LogP contribution >= 0.6 is 0 Å². The zero-order valence-electron chi connectivity index (χ0n) is 23.3. The largest absolute Gasteiger partial charge is 0.481 e. The number of ether oxygens (including phenoxy) is 3. The van der Waals surface area contributed by atoms with Crippen LogP contribution in [0, 0.1) is 52.8 Å². The van der Waals surface area contributed by atoms with Gasteiger partial charge in [-0.2, -0.15) is 0 Å². The minimum Gasteiger partial charge on any atom is -0.481 e. The van der Waals surface area contributed by atoms with Crippen LogP contribution in [0.25, 0.3) is 0 Å². The summed E-state index contributed by atoms with van der Waals surface area (Å²) < 4.78 is 18.1. The minimum atomic E-state index is -1.03. The molecule has 2 bridgehead atoms. The Labute approximate surface area is 230 Å². The average molecular weight is 549 g/mol. The summed E-state index contributed by atoms with van der Waals surface area (Å²) in [6.45, 7) is 5.95. The first kappa shape index (κ1) is 28.7. The van der Waals surface area contributed by atoms with Gasteiger partial charge in [-0.05, 0) is 74.2 Å². The van der Waals surface area contributed by atoms with Crippen molar-refractivity contribution in [2.24, 2.45) is 52.8 Å². The molecule has 8 unspecified atom stereocenters. The van der Waals surface area contributed by atoms with Gasteiger partial charge in [-0.25, -0.2) is 0 Å². The van der Waals surface area contributed by atoms with E-state index < -0.39 is 54.1 Å². The van der Waals surface area contributed by atoms with Crippen molar-refractivity contribution in [2.45, 2.75) is 77.6 Å². The summed E-state index contributed by atoms with van der Waals surface area (Å²) in [4.78, 5) is 38.5. The van der Waals surface area contributed by atoms with Crippen LogP contribution in [0.3, 0.4) is 0 Å². The number of allylic oxidation sites excluding steroid dienone is 1. The molecule has 5 aliphatic rings. The molecule has 218 valence electrons. The highest BCUT2D eigenvalue weighted by atomic mass is 16.6. The molecule has 3 saturated carbocycles. The molecule has 4 fully saturated rings. The SMILES string of the molecule is CC(=O)O[C@@H]1C[C@@]23COCC(C2CCC2C3=CC(=O)C3C2CCC(CC(C)C)C3C(=O)O)[C@H]1OCC(O)CO. The molecule has 0 amide bonds. The van der Waals surface area contributed by atoms with Crippen LogP contribution in [0.2, 0.25) is 0 Å². The summed E-state index contributed by atoms with van der Waals surface area (Å²) in [5, 5.41) is 29.5. The maximum absolute atomic E-state index is 13.9. The number of hydrogen-bond acceptors (Lipinski definition) is 8. The summed E-state index contributed by atoms with van der Waals surface area (Å²) in [5.41, 5.74) is 0.586. The molecular formula is C30H44O9. The van der Waals surface area contributed by atoms with Gasteiger partial charge in [-0.1, -0.05) is 19.4 Å². The van der Waals surface area contributed by atoms with E-state index in [1.165, 1.54) is 6.92 Å². The predicted molar refractivity (Wildman–Crippen MR) is 139 cm³/mol. The Hall–Kier alpha value is -1.81. The predicted octanol–water partition coefficient (Wildman–Crippen LogP) is 2.62. The van der Waals surface area contributed by atoms with Crippen molar-refractivity contribution in [1.29, 1.82) is 0 Å². The molecule has 4 aliphatic carbocycles. The van der Waals surface area contributed by atoms with Crippen LogP contribution in [0.5, 0.6) is 0 Å². The van der Waals surface area contributed by atoms with Crippen molar-refractivity contribution in [3.8, 4) is 0 Å².